The van der Waals surface area contributed by atoms with E-state index >= 15 is 0 Å². The molecule has 1 aliphatic rings. The third-order valence-electron chi connectivity index (χ3n) is 0.962. The Morgan fingerprint density at radius 2 is 2.56 bits per heavy atom. The molecule has 0 saturated carbocycles. The van der Waals surface area contributed by atoms with Gasteiger partial charge in [-0.3, -0.25) is 4.79 Å². The van der Waals surface area contributed by atoms with Crippen molar-refractivity contribution in [3.63, 3.8) is 0 Å². The number of hydrogen-bond donors (Lipinski definition) is 1. The Morgan fingerprint density at radius 3 is 3.00 bits per heavy atom. The van der Waals surface area contributed by atoms with Crippen molar-refractivity contribution in [2.75, 3.05) is 19.0 Å². The van der Waals surface area contributed by atoms with Gasteiger partial charge in [0, 0.05) is 0 Å². The van der Waals surface area contributed by atoms with Crippen molar-refractivity contribution in [3.05, 3.63) is 0 Å². The molecule has 0 aromatic carbocycles. The van der Waals surface area contributed by atoms with Crippen LogP contribution in [0.4, 0.5) is 0 Å². The first-order valence-electron chi connectivity index (χ1n) is 2.71. The van der Waals surface area contributed by atoms with E-state index in [9.17, 15) is 4.79 Å². The Labute approximate surface area is 58.7 Å². The van der Waals surface area contributed by atoms with Crippen LogP contribution in [0.3, 0.4) is 0 Å². The van der Waals surface area contributed by atoms with Gasteiger partial charge in [0.05, 0.1) is 12.4 Å². The van der Waals surface area contributed by atoms with Gasteiger partial charge >= 0.3 is 5.97 Å². The van der Waals surface area contributed by atoms with E-state index in [2.05, 4.69) is 17.4 Å². The third-order valence-corrected chi connectivity index (χ3v) is 1.22. The monoisotopic (exact) mass is 148 g/mol. The molecule has 1 heterocycles. The highest BCUT2D eigenvalue weighted by molar-refractivity contribution is 7.81. The predicted octanol–water partition coefficient (Wildman–Crippen LogP) is -0.142. The Morgan fingerprint density at radius 1 is 1.89 bits per heavy atom. The molecule has 1 rings (SSSR count). The number of esters is 1. The standard InChI is InChI=1S/C5H8O3S/c6-5(3-9)8-2-4-1-7-4/h4,9H,1-3H2. The van der Waals surface area contributed by atoms with E-state index in [4.69, 9.17) is 4.74 Å². The lowest BCUT2D eigenvalue weighted by Crippen LogP contribution is -2.10. The largest absolute Gasteiger partial charge is 0.462 e. The number of ether oxygens (including phenoxy) is 2. The van der Waals surface area contributed by atoms with Gasteiger partial charge in [-0.15, -0.1) is 0 Å². The van der Waals surface area contributed by atoms with Gasteiger partial charge in [0.15, 0.2) is 0 Å². The molecule has 1 saturated heterocycles. The zero-order valence-corrected chi connectivity index (χ0v) is 5.77. The number of carbonyl (C=O) groups is 1. The maximum Gasteiger partial charge on any atom is 0.315 e. The fraction of sp³-hybridized carbons (Fsp3) is 0.800. The van der Waals surface area contributed by atoms with E-state index in [0.29, 0.717) is 6.61 Å². The summed E-state index contributed by atoms with van der Waals surface area (Å²) in [6, 6.07) is 0. The molecular formula is C5H8O3S. The second-order valence-corrected chi connectivity index (χ2v) is 2.11. The van der Waals surface area contributed by atoms with E-state index in [0.717, 1.165) is 6.61 Å². The summed E-state index contributed by atoms with van der Waals surface area (Å²) in [5, 5.41) is 0. The highest BCUT2D eigenvalue weighted by Gasteiger charge is 2.23. The number of hydrogen-bond acceptors (Lipinski definition) is 4. The maximum absolute atomic E-state index is 10.4. The highest BCUT2D eigenvalue weighted by Crippen LogP contribution is 2.08. The summed E-state index contributed by atoms with van der Waals surface area (Å²) in [7, 11) is 0. The summed E-state index contributed by atoms with van der Waals surface area (Å²) in [5.41, 5.74) is 0. The van der Waals surface area contributed by atoms with Crippen molar-refractivity contribution < 1.29 is 14.3 Å². The van der Waals surface area contributed by atoms with Crippen LogP contribution in [0.1, 0.15) is 0 Å². The SMILES string of the molecule is O=C(CS)OCC1CO1. The molecule has 0 aliphatic carbocycles. The minimum Gasteiger partial charge on any atom is -0.462 e. The van der Waals surface area contributed by atoms with Gasteiger partial charge in [-0.05, 0) is 0 Å². The van der Waals surface area contributed by atoms with Crippen LogP contribution in [-0.2, 0) is 14.3 Å². The summed E-state index contributed by atoms with van der Waals surface area (Å²) in [6.45, 7) is 1.11. The Balaban J connectivity index is 1.96. The molecule has 1 fully saturated rings. The minimum absolute atomic E-state index is 0.146. The van der Waals surface area contributed by atoms with E-state index in [1.165, 1.54) is 0 Å². The lowest BCUT2D eigenvalue weighted by Gasteiger charge is -1.96. The van der Waals surface area contributed by atoms with E-state index in [-0.39, 0.29) is 17.8 Å². The molecule has 0 aromatic heterocycles. The van der Waals surface area contributed by atoms with Gasteiger partial charge < -0.3 is 9.47 Å². The summed E-state index contributed by atoms with van der Waals surface area (Å²) in [4.78, 5) is 10.4. The van der Waals surface area contributed by atoms with Crippen molar-refractivity contribution in [1.82, 2.24) is 0 Å². The first-order chi connectivity index (χ1) is 4.33. The molecule has 4 heteroatoms. The Bertz CT molecular complexity index is 111. The molecule has 0 radical (unpaired) electrons. The summed E-state index contributed by atoms with van der Waals surface area (Å²) >= 11 is 3.72. The maximum atomic E-state index is 10.4. The zero-order chi connectivity index (χ0) is 6.69. The lowest BCUT2D eigenvalue weighted by atomic mass is 10.5. The average molecular weight is 148 g/mol. The lowest BCUT2D eigenvalue weighted by molar-refractivity contribution is -0.140. The van der Waals surface area contributed by atoms with Crippen LogP contribution in [0.5, 0.6) is 0 Å². The molecule has 0 N–H and O–H groups in total. The van der Waals surface area contributed by atoms with E-state index in [1.54, 1.807) is 0 Å². The minimum atomic E-state index is -0.283. The molecule has 0 bridgehead atoms. The second-order valence-electron chi connectivity index (χ2n) is 1.80. The molecule has 0 aromatic rings. The van der Waals surface area contributed by atoms with Crippen LogP contribution in [0, 0.1) is 0 Å². The van der Waals surface area contributed by atoms with Gasteiger partial charge in [0.25, 0.3) is 0 Å². The molecule has 1 unspecified atom stereocenters. The van der Waals surface area contributed by atoms with Crippen LogP contribution in [0.15, 0.2) is 0 Å². The molecule has 3 nitrogen and oxygen atoms in total. The van der Waals surface area contributed by atoms with Crippen LogP contribution < -0.4 is 0 Å². The Hall–Kier alpha value is -0.220. The van der Waals surface area contributed by atoms with Crippen LogP contribution >= 0.6 is 12.6 Å². The molecule has 52 valence electrons. The van der Waals surface area contributed by atoms with Gasteiger partial charge in [-0.25, -0.2) is 0 Å². The zero-order valence-electron chi connectivity index (χ0n) is 4.87. The van der Waals surface area contributed by atoms with Crippen LogP contribution in [0.25, 0.3) is 0 Å². The molecule has 0 spiro atoms. The quantitative estimate of drug-likeness (QED) is 0.344. The molecule has 1 aliphatic heterocycles. The summed E-state index contributed by atoms with van der Waals surface area (Å²) < 4.78 is 9.48. The van der Waals surface area contributed by atoms with Gasteiger partial charge in [-0.2, -0.15) is 12.6 Å². The molecule has 9 heavy (non-hydrogen) atoms. The van der Waals surface area contributed by atoms with Gasteiger partial charge in [0.2, 0.25) is 0 Å². The first-order valence-corrected chi connectivity index (χ1v) is 3.34. The van der Waals surface area contributed by atoms with Crippen molar-refractivity contribution in [2.45, 2.75) is 6.10 Å². The van der Waals surface area contributed by atoms with Crippen molar-refractivity contribution in [2.24, 2.45) is 0 Å². The fourth-order valence-electron chi connectivity index (χ4n) is 0.396. The first kappa shape index (κ1) is 6.89. The molecular weight excluding hydrogens is 140 g/mol. The van der Waals surface area contributed by atoms with Gasteiger partial charge in [0.1, 0.15) is 12.7 Å². The number of epoxide rings is 1. The number of rotatable bonds is 3. The van der Waals surface area contributed by atoms with E-state index < -0.39 is 0 Å². The summed E-state index contributed by atoms with van der Waals surface area (Å²) in [5.74, 6) is -0.138. The Kier molecular flexibility index (Phi) is 2.36. The number of carbonyl (C=O) groups excluding carboxylic acids is 1. The molecule has 1 atom stereocenters. The van der Waals surface area contributed by atoms with Gasteiger partial charge in [-0.1, -0.05) is 0 Å². The summed E-state index contributed by atoms with van der Waals surface area (Å²) in [6.07, 6.45) is 0.161. The van der Waals surface area contributed by atoms with Crippen LogP contribution in [0.2, 0.25) is 0 Å². The van der Waals surface area contributed by atoms with Crippen molar-refractivity contribution in [3.8, 4) is 0 Å². The van der Waals surface area contributed by atoms with Crippen LogP contribution in [-0.4, -0.2) is 31.0 Å². The highest BCUT2D eigenvalue weighted by atomic mass is 32.1. The van der Waals surface area contributed by atoms with Crippen molar-refractivity contribution in [1.29, 1.82) is 0 Å². The topological polar surface area (TPSA) is 38.8 Å². The third kappa shape index (κ3) is 2.72. The smallest absolute Gasteiger partial charge is 0.315 e. The average Bonchev–Trinajstić information content (AvgIpc) is 2.65. The second kappa shape index (κ2) is 3.08. The normalized spacial score (nSPS) is 23.4. The molecule has 0 amide bonds. The van der Waals surface area contributed by atoms with E-state index in [1.807, 2.05) is 0 Å². The van der Waals surface area contributed by atoms with Crippen molar-refractivity contribution >= 4 is 18.6 Å². The number of thiol groups is 1. The predicted molar refractivity (Wildman–Crippen MR) is 34.6 cm³/mol. The fourth-order valence-corrected chi connectivity index (χ4v) is 0.487.